The van der Waals surface area contributed by atoms with Crippen LogP contribution >= 0.6 is 0 Å². The molecule has 23 heavy (non-hydrogen) atoms. The summed E-state index contributed by atoms with van der Waals surface area (Å²) in [5.41, 5.74) is 0.889. The molecular weight excluding hydrogens is 290 g/mol. The highest BCUT2D eigenvalue weighted by atomic mass is 16.2. The fourth-order valence-electron chi connectivity index (χ4n) is 3.80. The average Bonchev–Trinajstić information content (AvgIpc) is 3.36. The van der Waals surface area contributed by atoms with Gasteiger partial charge < -0.3 is 4.90 Å². The van der Waals surface area contributed by atoms with Crippen LogP contribution in [0.4, 0.5) is 0 Å². The first-order chi connectivity index (χ1) is 11.3. The second kappa shape index (κ2) is 6.10. The molecular formula is C17H21N5O. The van der Waals surface area contributed by atoms with Gasteiger partial charge in [0.05, 0.1) is 24.1 Å². The largest absolute Gasteiger partial charge is 0.334 e. The number of amides is 1. The summed E-state index contributed by atoms with van der Waals surface area (Å²) in [6, 6.07) is 0.0686. The molecule has 1 saturated heterocycles. The van der Waals surface area contributed by atoms with Crippen LogP contribution in [-0.4, -0.2) is 36.9 Å². The molecule has 0 aromatic carbocycles. The summed E-state index contributed by atoms with van der Waals surface area (Å²) in [5, 5.41) is 0. The smallest absolute Gasteiger partial charge is 0.226 e. The van der Waals surface area contributed by atoms with E-state index in [2.05, 4.69) is 9.97 Å². The van der Waals surface area contributed by atoms with Crippen LogP contribution in [-0.2, 0) is 4.79 Å². The molecule has 6 nitrogen and oxygen atoms in total. The fraction of sp³-hybridized carbons (Fsp3) is 0.529. The van der Waals surface area contributed by atoms with E-state index in [9.17, 15) is 4.79 Å². The van der Waals surface area contributed by atoms with Gasteiger partial charge in [0, 0.05) is 24.9 Å². The molecule has 1 saturated carbocycles. The number of nitrogens with zero attached hydrogens (tertiary/aromatic N) is 5. The molecule has 4 rings (SSSR count). The van der Waals surface area contributed by atoms with Gasteiger partial charge in [-0.25, -0.2) is 9.97 Å². The zero-order valence-corrected chi connectivity index (χ0v) is 13.1. The van der Waals surface area contributed by atoms with Crippen molar-refractivity contribution in [1.29, 1.82) is 0 Å². The third kappa shape index (κ3) is 2.73. The Bertz CT molecular complexity index is 678. The molecule has 0 bridgehead atoms. The fourth-order valence-corrected chi connectivity index (χ4v) is 3.80. The van der Waals surface area contributed by atoms with Crippen molar-refractivity contribution in [2.24, 2.45) is 5.92 Å². The highest BCUT2D eigenvalue weighted by Gasteiger charge is 2.35. The van der Waals surface area contributed by atoms with Crippen molar-refractivity contribution >= 4 is 5.91 Å². The van der Waals surface area contributed by atoms with Crippen molar-refractivity contribution in [2.45, 2.75) is 44.6 Å². The Morgan fingerprint density at radius 3 is 2.74 bits per heavy atom. The van der Waals surface area contributed by atoms with Gasteiger partial charge in [0.25, 0.3) is 0 Å². The Kier molecular flexibility index (Phi) is 3.81. The number of likely N-dealkylation sites (tertiary alicyclic amines) is 1. The van der Waals surface area contributed by atoms with Gasteiger partial charge >= 0.3 is 0 Å². The molecule has 1 amide bonds. The van der Waals surface area contributed by atoms with Crippen molar-refractivity contribution in [3.8, 4) is 5.82 Å². The van der Waals surface area contributed by atoms with Crippen molar-refractivity contribution in [3.63, 3.8) is 0 Å². The van der Waals surface area contributed by atoms with Gasteiger partial charge in [-0.15, -0.1) is 0 Å². The molecule has 2 aromatic rings. The van der Waals surface area contributed by atoms with Crippen LogP contribution in [0, 0.1) is 5.92 Å². The van der Waals surface area contributed by atoms with Gasteiger partial charge in [-0.3, -0.25) is 14.3 Å². The zero-order chi connectivity index (χ0) is 15.6. The molecule has 1 atom stereocenters. The summed E-state index contributed by atoms with van der Waals surface area (Å²) in [6.07, 6.45) is 15.3. The number of carbonyl (C=O) groups excluding carboxylic acids is 1. The molecule has 3 heterocycles. The number of hydrogen-bond acceptors (Lipinski definition) is 4. The third-order valence-corrected chi connectivity index (χ3v) is 4.99. The van der Waals surface area contributed by atoms with Crippen LogP contribution in [0.2, 0.25) is 0 Å². The monoisotopic (exact) mass is 311 g/mol. The molecule has 2 aliphatic rings. The van der Waals surface area contributed by atoms with E-state index < -0.39 is 0 Å². The first kappa shape index (κ1) is 14.4. The zero-order valence-electron chi connectivity index (χ0n) is 13.1. The van der Waals surface area contributed by atoms with Crippen LogP contribution in [0.3, 0.4) is 0 Å². The SMILES string of the molecule is O=C(C1CCCC1)N1CCCC1c1cncc(-n2ccnc2)n1. The number of rotatable bonds is 3. The van der Waals surface area contributed by atoms with Gasteiger partial charge in [-0.1, -0.05) is 12.8 Å². The van der Waals surface area contributed by atoms with E-state index in [0.29, 0.717) is 5.91 Å². The maximum absolute atomic E-state index is 12.8. The van der Waals surface area contributed by atoms with Crippen LogP contribution in [0.5, 0.6) is 0 Å². The summed E-state index contributed by atoms with van der Waals surface area (Å²) in [4.78, 5) is 27.9. The lowest BCUT2D eigenvalue weighted by atomic mass is 10.1. The molecule has 2 fully saturated rings. The van der Waals surface area contributed by atoms with E-state index in [1.54, 1.807) is 24.9 Å². The van der Waals surface area contributed by atoms with E-state index in [-0.39, 0.29) is 12.0 Å². The summed E-state index contributed by atoms with van der Waals surface area (Å²) in [6.45, 7) is 0.844. The quantitative estimate of drug-likeness (QED) is 0.873. The Balaban J connectivity index is 1.59. The van der Waals surface area contributed by atoms with E-state index in [4.69, 9.17) is 4.98 Å². The molecule has 2 aromatic heterocycles. The van der Waals surface area contributed by atoms with Gasteiger partial charge in [0.15, 0.2) is 5.82 Å². The summed E-state index contributed by atoms with van der Waals surface area (Å²) < 4.78 is 1.84. The van der Waals surface area contributed by atoms with Crippen LogP contribution < -0.4 is 0 Å². The predicted molar refractivity (Wildman–Crippen MR) is 84.8 cm³/mol. The first-order valence-corrected chi connectivity index (χ1v) is 8.43. The Hall–Kier alpha value is -2.24. The number of hydrogen-bond donors (Lipinski definition) is 0. The van der Waals surface area contributed by atoms with Crippen LogP contribution in [0.1, 0.15) is 50.3 Å². The Morgan fingerprint density at radius 2 is 1.96 bits per heavy atom. The maximum atomic E-state index is 12.8. The van der Waals surface area contributed by atoms with Crippen molar-refractivity contribution in [3.05, 3.63) is 36.8 Å². The van der Waals surface area contributed by atoms with E-state index in [1.807, 2.05) is 15.7 Å². The lowest BCUT2D eigenvalue weighted by Gasteiger charge is -2.27. The van der Waals surface area contributed by atoms with Crippen LogP contribution in [0.15, 0.2) is 31.1 Å². The van der Waals surface area contributed by atoms with Crippen molar-refractivity contribution in [1.82, 2.24) is 24.4 Å². The molecule has 1 aliphatic carbocycles. The molecule has 1 aliphatic heterocycles. The second-order valence-corrected chi connectivity index (χ2v) is 6.44. The van der Waals surface area contributed by atoms with E-state index in [0.717, 1.165) is 43.7 Å². The van der Waals surface area contributed by atoms with Crippen LogP contribution in [0.25, 0.3) is 5.82 Å². The van der Waals surface area contributed by atoms with Gasteiger partial charge in [0.2, 0.25) is 5.91 Å². The minimum Gasteiger partial charge on any atom is -0.334 e. The third-order valence-electron chi connectivity index (χ3n) is 4.99. The van der Waals surface area contributed by atoms with Gasteiger partial charge in [0.1, 0.15) is 6.33 Å². The van der Waals surface area contributed by atoms with Crippen molar-refractivity contribution < 1.29 is 4.79 Å². The standard InChI is InChI=1S/C17H21N5O/c23-17(13-4-1-2-5-13)22-8-3-6-15(22)14-10-19-11-16(20-14)21-9-7-18-12-21/h7,9-13,15H,1-6,8H2. The lowest BCUT2D eigenvalue weighted by Crippen LogP contribution is -2.35. The second-order valence-electron chi connectivity index (χ2n) is 6.44. The molecule has 1 unspecified atom stereocenters. The normalized spacial score (nSPS) is 21.9. The first-order valence-electron chi connectivity index (χ1n) is 8.43. The summed E-state index contributed by atoms with van der Waals surface area (Å²) in [7, 11) is 0. The van der Waals surface area contributed by atoms with Gasteiger partial charge in [-0.05, 0) is 25.7 Å². The number of aromatic nitrogens is 4. The summed E-state index contributed by atoms with van der Waals surface area (Å²) in [5.74, 6) is 1.29. The van der Waals surface area contributed by atoms with E-state index in [1.165, 1.54) is 12.8 Å². The lowest BCUT2D eigenvalue weighted by molar-refractivity contribution is -0.136. The highest BCUT2D eigenvalue weighted by molar-refractivity contribution is 5.79. The summed E-state index contributed by atoms with van der Waals surface area (Å²) >= 11 is 0. The number of imidazole rings is 1. The number of carbonyl (C=O) groups is 1. The molecule has 6 heteroatoms. The molecule has 0 N–H and O–H groups in total. The maximum Gasteiger partial charge on any atom is 0.226 e. The van der Waals surface area contributed by atoms with Crippen molar-refractivity contribution in [2.75, 3.05) is 6.54 Å². The predicted octanol–water partition coefficient (Wildman–Crippen LogP) is 2.52. The Labute approximate surface area is 135 Å². The molecule has 0 radical (unpaired) electrons. The Morgan fingerprint density at radius 1 is 1.09 bits per heavy atom. The average molecular weight is 311 g/mol. The highest BCUT2D eigenvalue weighted by Crippen LogP contribution is 2.35. The molecule has 0 spiro atoms. The minimum absolute atomic E-state index is 0.0686. The minimum atomic E-state index is 0.0686. The van der Waals surface area contributed by atoms with E-state index >= 15 is 0 Å². The topological polar surface area (TPSA) is 63.9 Å². The van der Waals surface area contributed by atoms with Gasteiger partial charge in [-0.2, -0.15) is 0 Å². The molecule has 120 valence electrons.